The van der Waals surface area contributed by atoms with Crippen LogP contribution in [-0.2, 0) is 18.9 Å². The molecule has 2 fully saturated rings. The predicted molar refractivity (Wildman–Crippen MR) is 44.4 cm³/mol. The molecule has 3 aliphatic heterocycles. The summed E-state index contributed by atoms with van der Waals surface area (Å²) < 4.78 is 21.9. The minimum absolute atomic E-state index is 0.0689. The lowest BCUT2D eigenvalue weighted by atomic mass is 10.0. The SMILES string of the molecule is OCC1=C[C@H]2CO[C@H](O2)C12OCCO2. The predicted octanol–water partition coefficient (Wildman–Crippen LogP) is -0.597. The van der Waals surface area contributed by atoms with E-state index in [9.17, 15) is 5.11 Å². The van der Waals surface area contributed by atoms with Gasteiger partial charge < -0.3 is 24.1 Å². The van der Waals surface area contributed by atoms with Gasteiger partial charge in [-0.05, 0) is 6.08 Å². The standard InChI is InChI=1S/C9H12O5/c10-4-6-3-7-5-11-8(14-7)9(6)12-1-2-13-9/h3,7-8,10H,1-2,4-5H2/t7-,8+/m0/s1. The van der Waals surface area contributed by atoms with E-state index >= 15 is 0 Å². The first kappa shape index (κ1) is 8.82. The first-order valence-corrected chi connectivity index (χ1v) is 4.72. The molecule has 0 aromatic carbocycles. The van der Waals surface area contributed by atoms with Gasteiger partial charge in [-0.2, -0.15) is 0 Å². The van der Waals surface area contributed by atoms with Crippen LogP contribution in [0.2, 0.25) is 0 Å². The molecule has 0 unspecified atom stereocenters. The van der Waals surface area contributed by atoms with Crippen molar-refractivity contribution in [1.29, 1.82) is 0 Å². The molecule has 0 aromatic heterocycles. The molecular formula is C9H12O5. The zero-order valence-electron chi connectivity index (χ0n) is 7.64. The first-order chi connectivity index (χ1) is 6.85. The molecule has 0 aliphatic carbocycles. The van der Waals surface area contributed by atoms with E-state index in [1.165, 1.54) is 0 Å². The lowest BCUT2D eigenvalue weighted by molar-refractivity contribution is -0.269. The van der Waals surface area contributed by atoms with Crippen molar-refractivity contribution >= 4 is 0 Å². The molecule has 2 atom stereocenters. The van der Waals surface area contributed by atoms with Gasteiger partial charge in [-0.3, -0.25) is 0 Å². The number of aliphatic hydroxyl groups excluding tert-OH is 1. The van der Waals surface area contributed by atoms with E-state index in [1.54, 1.807) is 0 Å². The van der Waals surface area contributed by atoms with Gasteiger partial charge in [0.2, 0.25) is 12.1 Å². The lowest BCUT2D eigenvalue weighted by Crippen LogP contribution is -2.49. The van der Waals surface area contributed by atoms with Crippen molar-refractivity contribution in [3.8, 4) is 0 Å². The maximum atomic E-state index is 9.24. The minimum Gasteiger partial charge on any atom is -0.392 e. The molecule has 0 aromatic rings. The van der Waals surface area contributed by atoms with Crippen LogP contribution in [0.4, 0.5) is 0 Å². The highest BCUT2D eigenvalue weighted by Crippen LogP contribution is 2.40. The third-order valence-corrected chi connectivity index (χ3v) is 2.74. The Morgan fingerprint density at radius 3 is 2.93 bits per heavy atom. The first-order valence-electron chi connectivity index (χ1n) is 4.72. The van der Waals surface area contributed by atoms with Crippen molar-refractivity contribution in [1.82, 2.24) is 0 Å². The van der Waals surface area contributed by atoms with Crippen molar-refractivity contribution in [3.63, 3.8) is 0 Å². The van der Waals surface area contributed by atoms with Crippen molar-refractivity contribution in [2.75, 3.05) is 26.4 Å². The van der Waals surface area contributed by atoms with Crippen molar-refractivity contribution < 1.29 is 24.1 Å². The van der Waals surface area contributed by atoms with Crippen LogP contribution in [0.5, 0.6) is 0 Å². The number of ether oxygens (including phenoxy) is 4. The topological polar surface area (TPSA) is 57.2 Å². The van der Waals surface area contributed by atoms with Gasteiger partial charge in [-0.1, -0.05) is 0 Å². The summed E-state index contributed by atoms with van der Waals surface area (Å²) in [6.45, 7) is 1.43. The summed E-state index contributed by atoms with van der Waals surface area (Å²) in [4.78, 5) is 0. The van der Waals surface area contributed by atoms with E-state index in [1.807, 2.05) is 6.08 Å². The molecule has 0 amide bonds. The summed E-state index contributed by atoms with van der Waals surface area (Å²) in [5.74, 6) is -0.984. The summed E-state index contributed by atoms with van der Waals surface area (Å²) in [5, 5.41) is 9.24. The van der Waals surface area contributed by atoms with Crippen LogP contribution in [0.3, 0.4) is 0 Å². The Hall–Kier alpha value is -0.460. The van der Waals surface area contributed by atoms with Crippen LogP contribution >= 0.6 is 0 Å². The fourth-order valence-electron chi connectivity index (χ4n) is 2.11. The molecule has 5 heteroatoms. The number of aliphatic hydroxyl groups is 1. The smallest absolute Gasteiger partial charge is 0.246 e. The lowest BCUT2D eigenvalue weighted by Gasteiger charge is -2.35. The van der Waals surface area contributed by atoms with Crippen LogP contribution in [0, 0.1) is 0 Å². The number of hydrogen-bond acceptors (Lipinski definition) is 5. The van der Waals surface area contributed by atoms with E-state index in [0.717, 1.165) is 0 Å². The van der Waals surface area contributed by atoms with E-state index in [-0.39, 0.29) is 12.7 Å². The quantitative estimate of drug-likeness (QED) is 0.573. The van der Waals surface area contributed by atoms with Crippen LogP contribution in [-0.4, -0.2) is 49.7 Å². The van der Waals surface area contributed by atoms with Gasteiger partial charge in [0.25, 0.3) is 0 Å². The molecule has 14 heavy (non-hydrogen) atoms. The molecule has 78 valence electrons. The minimum atomic E-state index is -0.984. The molecule has 3 rings (SSSR count). The number of hydrogen-bond donors (Lipinski definition) is 1. The highest BCUT2D eigenvalue weighted by atomic mass is 16.8. The van der Waals surface area contributed by atoms with Gasteiger partial charge in [0.15, 0.2) is 0 Å². The fraction of sp³-hybridized carbons (Fsp3) is 0.778. The summed E-state index contributed by atoms with van der Waals surface area (Å²) in [7, 11) is 0. The maximum absolute atomic E-state index is 9.24. The van der Waals surface area contributed by atoms with E-state index in [4.69, 9.17) is 18.9 Å². The third-order valence-electron chi connectivity index (χ3n) is 2.74. The summed E-state index contributed by atoms with van der Waals surface area (Å²) >= 11 is 0. The molecule has 2 saturated heterocycles. The van der Waals surface area contributed by atoms with Gasteiger partial charge in [0.05, 0.1) is 26.4 Å². The third kappa shape index (κ3) is 1.01. The second kappa shape index (κ2) is 3.01. The molecule has 1 spiro atoms. The van der Waals surface area contributed by atoms with E-state index in [2.05, 4.69) is 0 Å². The van der Waals surface area contributed by atoms with Gasteiger partial charge >= 0.3 is 0 Å². The average Bonchev–Trinajstić information content (AvgIpc) is 2.78. The largest absolute Gasteiger partial charge is 0.392 e. The molecule has 0 radical (unpaired) electrons. The Kier molecular flexibility index (Phi) is 1.90. The Balaban J connectivity index is 2.00. The Morgan fingerprint density at radius 2 is 2.21 bits per heavy atom. The average molecular weight is 200 g/mol. The summed E-state index contributed by atoms with van der Waals surface area (Å²) in [5.41, 5.74) is 0.716. The summed E-state index contributed by atoms with van der Waals surface area (Å²) in [6.07, 6.45) is 1.23. The van der Waals surface area contributed by atoms with Crippen LogP contribution in [0.15, 0.2) is 11.6 Å². The Labute approximate surface area is 81.2 Å². The van der Waals surface area contributed by atoms with Gasteiger partial charge in [0, 0.05) is 5.57 Å². The van der Waals surface area contributed by atoms with E-state index < -0.39 is 12.1 Å². The highest BCUT2D eigenvalue weighted by molar-refractivity contribution is 5.23. The zero-order valence-corrected chi connectivity index (χ0v) is 7.64. The van der Waals surface area contributed by atoms with Crippen LogP contribution in [0.1, 0.15) is 0 Å². The molecule has 0 saturated carbocycles. The maximum Gasteiger partial charge on any atom is 0.246 e. The molecule has 5 nitrogen and oxygen atoms in total. The molecule has 1 N–H and O–H groups in total. The monoisotopic (exact) mass is 200 g/mol. The Bertz CT molecular complexity index is 268. The molecule has 3 aliphatic rings. The molecule has 3 heterocycles. The second-order valence-electron chi connectivity index (χ2n) is 3.55. The number of fused-ring (bicyclic) bond motifs is 3. The Morgan fingerprint density at radius 1 is 1.43 bits per heavy atom. The van der Waals surface area contributed by atoms with Crippen LogP contribution < -0.4 is 0 Å². The normalized spacial score (nSPS) is 39.1. The molecular weight excluding hydrogens is 188 g/mol. The zero-order chi connectivity index (χ0) is 9.60. The van der Waals surface area contributed by atoms with Gasteiger partial charge in [-0.25, -0.2) is 0 Å². The molecule has 2 bridgehead atoms. The fourth-order valence-corrected chi connectivity index (χ4v) is 2.11. The highest BCUT2D eigenvalue weighted by Gasteiger charge is 2.55. The number of rotatable bonds is 1. The van der Waals surface area contributed by atoms with Gasteiger partial charge in [-0.15, -0.1) is 0 Å². The van der Waals surface area contributed by atoms with E-state index in [0.29, 0.717) is 25.4 Å². The van der Waals surface area contributed by atoms with Crippen LogP contribution in [0.25, 0.3) is 0 Å². The van der Waals surface area contributed by atoms with Gasteiger partial charge in [0.1, 0.15) is 6.10 Å². The van der Waals surface area contributed by atoms with Crippen molar-refractivity contribution in [2.24, 2.45) is 0 Å². The van der Waals surface area contributed by atoms with Crippen molar-refractivity contribution in [2.45, 2.75) is 18.2 Å². The second-order valence-corrected chi connectivity index (χ2v) is 3.55. The van der Waals surface area contributed by atoms with Crippen molar-refractivity contribution in [3.05, 3.63) is 11.6 Å². The summed E-state index contributed by atoms with van der Waals surface area (Å²) in [6, 6.07) is 0.